The van der Waals surface area contributed by atoms with Gasteiger partial charge in [0.15, 0.2) is 0 Å². The second-order valence-corrected chi connectivity index (χ2v) is 9.03. The van der Waals surface area contributed by atoms with Gasteiger partial charge in [-0.1, -0.05) is 35.4 Å². The van der Waals surface area contributed by atoms with E-state index >= 15 is 0 Å². The minimum atomic E-state index is -0.248. The van der Waals surface area contributed by atoms with Crippen LogP contribution in [0.25, 0.3) is 11.3 Å². The van der Waals surface area contributed by atoms with Crippen molar-refractivity contribution in [1.29, 1.82) is 0 Å². The van der Waals surface area contributed by atoms with Gasteiger partial charge in [-0.3, -0.25) is 9.59 Å². The number of allylic oxidation sites excluding steroid dienone is 2. The summed E-state index contributed by atoms with van der Waals surface area (Å²) in [7, 11) is 0. The van der Waals surface area contributed by atoms with Crippen molar-refractivity contribution in [3.8, 4) is 11.3 Å². The highest BCUT2D eigenvalue weighted by Crippen LogP contribution is 2.65. The van der Waals surface area contributed by atoms with Crippen molar-refractivity contribution in [1.82, 2.24) is 5.01 Å². The summed E-state index contributed by atoms with van der Waals surface area (Å²) >= 11 is 12.0. The third kappa shape index (κ3) is 2.50. The Bertz CT molecular complexity index is 1090. The van der Waals surface area contributed by atoms with Crippen molar-refractivity contribution in [2.45, 2.75) is 6.42 Å². The normalized spacial score (nSPS) is 34.2. The molecule has 6 atom stereocenters. The van der Waals surface area contributed by atoms with Crippen LogP contribution < -0.4 is 0 Å². The summed E-state index contributed by atoms with van der Waals surface area (Å²) in [6.07, 6.45) is 6.86. The molecule has 0 unspecified atom stereocenters. The first-order valence-corrected chi connectivity index (χ1v) is 10.4. The van der Waals surface area contributed by atoms with E-state index < -0.39 is 0 Å². The molecule has 0 N–H and O–H groups in total. The van der Waals surface area contributed by atoms with Gasteiger partial charge >= 0.3 is 0 Å². The van der Waals surface area contributed by atoms with Gasteiger partial charge < -0.3 is 4.42 Å². The fourth-order valence-corrected chi connectivity index (χ4v) is 5.69. The second-order valence-electron chi connectivity index (χ2n) is 8.22. The molecule has 146 valence electrons. The maximum Gasteiger partial charge on any atom is 0.254 e. The smallest absolute Gasteiger partial charge is 0.254 e. The predicted octanol–water partition coefficient (Wildman–Crippen LogP) is 4.64. The first kappa shape index (κ1) is 17.5. The number of furan rings is 1. The van der Waals surface area contributed by atoms with E-state index in [9.17, 15) is 9.59 Å². The van der Waals surface area contributed by atoms with Crippen molar-refractivity contribution in [2.75, 3.05) is 0 Å². The van der Waals surface area contributed by atoms with Crippen LogP contribution in [-0.4, -0.2) is 23.0 Å². The fourth-order valence-electron chi connectivity index (χ4n) is 5.40. The summed E-state index contributed by atoms with van der Waals surface area (Å²) in [5.41, 5.74) is 0.778. The SMILES string of the molecule is O=C1[C@H]2[C@@H]3C=C[C@H]([C@H]4C[C@H]34)[C@@H]2C(=O)N1/N=C/c1ccc(-c2ccc(Cl)c(Cl)c2)o1. The van der Waals surface area contributed by atoms with Gasteiger partial charge in [0.25, 0.3) is 11.8 Å². The molecule has 2 saturated carbocycles. The molecule has 2 heterocycles. The van der Waals surface area contributed by atoms with E-state index in [-0.39, 0.29) is 35.5 Å². The number of nitrogens with zero attached hydrogens (tertiary/aromatic N) is 2. The summed E-state index contributed by atoms with van der Waals surface area (Å²) in [5.74, 6) is 1.72. The van der Waals surface area contributed by atoms with Crippen molar-refractivity contribution in [3.63, 3.8) is 0 Å². The highest BCUT2D eigenvalue weighted by atomic mass is 35.5. The zero-order valence-electron chi connectivity index (χ0n) is 15.2. The van der Waals surface area contributed by atoms with Gasteiger partial charge in [-0.25, -0.2) is 0 Å². The number of benzene rings is 1. The molecule has 0 spiro atoms. The van der Waals surface area contributed by atoms with Gasteiger partial charge in [-0.2, -0.15) is 10.1 Å². The van der Waals surface area contributed by atoms with Gasteiger partial charge in [0, 0.05) is 5.56 Å². The van der Waals surface area contributed by atoms with Crippen LogP contribution in [0.1, 0.15) is 12.2 Å². The van der Waals surface area contributed by atoms with Gasteiger partial charge in [-0.15, -0.1) is 0 Å². The fraction of sp³-hybridized carbons (Fsp3) is 0.318. The molecule has 1 aromatic heterocycles. The molecule has 7 heteroatoms. The van der Waals surface area contributed by atoms with Crippen LogP contribution in [0.3, 0.4) is 0 Å². The standard InChI is InChI=1S/C22H16Cl2N2O3/c23-16-5-1-10(7-17(16)24)18-6-2-11(29-18)9-25-26-21(27)19-12-3-4-13(15-8-14(12)15)20(19)22(26)28/h1-7,9,12-15,19-20H,8H2/b25-9+/t12-,13-,14-,15-,19+,20+/m1/s1. The summed E-state index contributed by atoms with van der Waals surface area (Å²) in [6.45, 7) is 0. The number of hydrazone groups is 1. The summed E-state index contributed by atoms with van der Waals surface area (Å²) in [5, 5.41) is 6.15. The first-order valence-electron chi connectivity index (χ1n) is 9.68. The Kier molecular flexibility index (Phi) is 3.66. The Hall–Kier alpha value is -2.37. The van der Waals surface area contributed by atoms with Crippen LogP contribution in [0.15, 0.2) is 52.0 Å². The molecule has 1 saturated heterocycles. The number of hydrogen-bond donors (Lipinski definition) is 0. The molecule has 0 radical (unpaired) electrons. The lowest BCUT2D eigenvalue weighted by atomic mass is 9.63. The van der Waals surface area contributed by atoms with E-state index in [4.69, 9.17) is 27.6 Å². The third-order valence-electron chi connectivity index (χ3n) is 6.77. The summed E-state index contributed by atoms with van der Waals surface area (Å²) in [6, 6.07) is 8.74. The predicted molar refractivity (Wildman–Crippen MR) is 108 cm³/mol. The van der Waals surface area contributed by atoms with E-state index in [1.165, 1.54) is 6.21 Å². The van der Waals surface area contributed by atoms with Crippen LogP contribution in [0.5, 0.6) is 0 Å². The molecule has 7 rings (SSSR count). The van der Waals surface area contributed by atoms with Crippen LogP contribution in [-0.2, 0) is 9.59 Å². The zero-order chi connectivity index (χ0) is 19.9. The van der Waals surface area contributed by atoms with Crippen molar-refractivity contribution < 1.29 is 14.0 Å². The number of carbonyl (C=O) groups is 2. The Morgan fingerprint density at radius 2 is 1.66 bits per heavy atom. The van der Waals surface area contributed by atoms with Crippen LogP contribution >= 0.6 is 23.2 Å². The van der Waals surface area contributed by atoms with Crippen molar-refractivity contribution in [3.05, 3.63) is 58.3 Å². The van der Waals surface area contributed by atoms with E-state index in [0.29, 0.717) is 33.4 Å². The first-order chi connectivity index (χ1) is 14.0. The molecule has 2 amide bonds. The Balaban J connectivity index is 1.24. The van der Waals surface area contributed by atoms with E-state index in [1.54, 1.807) is 30.3 Å². The largest absolute Gasteiger partial charge is 0.455 e. The summed E-state index contributed by atoms with van der Waals surface area (Å²) < 4.78 is 5.78. The lowest BCUT2D eigenvalue weighted by Crippen LogP contribution is -2.40. The molecule has 2 aromatic rings. The zero-order valence-corrected chi connectivity index (χ0v) is 16.7. The third-order valence-corrected chi connectivity index (χ3v) is 7.51. The Labute approximate surface area is 177 Å². The van der Waals surface area contributed by atoms with Gasteiger partial charge in [0.05, 0.1) is 28.1 Å². The number of imide groups is 1. The van der Waals surface area contributed by atoms with E-state index in [0.717, 1.165) is 17.0 Å². The van der Waals surface area contributed by atoms with Crippen molar-refractivity contribution >= 4 is 41.2 Å². The van der Waals surface area contributed by atoms with E-state index in [2.05, 4.69) is 17.3 Å². The molecule has 1 aliphatic heterocycles. The quantitative estimate of drug-likeness (QED) is 0.407. The number of halogens is 2. The van der Waals surface area contributed by atoms with Crippen LogP contribution in [0.2, 0.25) is 10.0 Å². The summed E-state index contributed by atoms with van der Waals surface area (Å²) in [4.78, 5) is 25.8. The average Bonchev–Trinajstić information content (AvgIpc) is 3.36. The molecule has 2 bridgehead atoms. The van der Waals surface area contributed by atoms with E-state index in [1.807, 2.05) is 0 Å². The molecular formula is C22H16Cl2N2O3. The monoisotopic (exact) mass is 426 g/mol. The highest BCUT2D eigenvalue weighted by molar-refractivity contribution is 6.42. The van der Waals surface area contributed by atoms with Gasteiger partial charge in [0.1, 0.15) is 11.5 Å². The maximum absolute atomic E-state index is 12.9. The van der Waals surface area contributed by atoms with Gasteiger partial charge in [0.2, 0.25) is 0 Å². The molecular weight excluding hydrogens is 411 g/mol. The Morgan fingerprint density at radius 3 is 2.31 bits per heavy atom. The maximum atomic E-state index is 12.9. The number of carbonyl (C=O) groups excluding carboxylic acids is 2. The second kappa shape index (κ2) is 6.07. The molecule has 29 heavy (non-hydrogen) atoms. The molecule has 1 aromatic carbocycles. The number of rotatable bonds is 3. The minimum absolute atomic E-state index is 0.183. The lowest BCUT2D eigenvalue weighted by Gasteiger charge is -2.37. The average molecular weight is 427 g/mol. The molecule has 4 aliphatic carbocycles. The lowest BCUT2D eigenvalue weighted by molar-refractivity contribution is -0.140. The molecule has 5 nitrogen and oxygen atoms in total. The number of hydrogen-bond acceptors (Lipinski definition) is 4. The topological polar surface area (TPSA) is 62.9 Å². The minimum Gasteiger partial charge on any atom is -0.455 e. The number of amides is 2. The van der Waals surface area contributed by atoms with Crippen LogP contribution in [0.4, 0.5) is 0 Å². The molecule has 5 aliphatic rings. The van der Waals surface area contributed by atoms with Crippen molar-refractivity contribution in [2.24, 2.45) is 40.6 Å². The molecule has 3 fully saturated rings. The highest BCUT2D eigenvalue weighted by Gasteiger charge is 2.67. The van der Waals surface area contributed by atoms with Crippen LogP contribution in [0, 0.1) is 35.5 Å². The van der Waals surface area contributed by atoms with Gasteiger partial charge in [-0.05, 0) is 60.4 Å². The Morgan fingerprint density at radius 1 is 0.966 bits per heavy atom.